The summed E-state index contributed by atoms with van der Waals surface area (Å²) in [7, 11) is 0. The number of hydrogen-bond acceptors (Lipinski definition) is 2. The summed E-state index contributed by atoms with van der Waals surface area (Å²) in [6.07, 6.45) is 2.62. The van der Waals surface area contributed by atoms with Crippen LogP contribution in [0.3, 0.4) is 0 Å². The number of rotatable bonds is 4. The number of halogens is 1. The molecule has 0 bridgehead atoms. The van der Waals surface area contributed by atoms with E-state index in [4.69, 9.17) is 4.52 Å². The number of benzene rings is 1. The van der Waals surface area contributed by atoms with Crippen LogP contribution in [0.25, 0.3) is 11.1 Å². The normalized spacial score (nSPS) is 11.8. The van der Waals surface area contributed by atoms with E-state index in [1.807, 2.05) is 0 Å². The van der Waals surface area contributed by atoms with E-state index in [0.29, 0.717) is 17.7 Å². The third kappa shape index (κ3) is 3.13. The third-order valence-corrected chi connectivity index (χ3v) is 3.37. The van der Waals surface area contributed by atoms with E-state index in [2.05, 4.69) is 20.8 Å². The molecule has 0 spiro atoms. The molecule has 0 aliphatic carbocycles. The highest BCUT2D eigenvalue weighted by Gasteiger charge is 2.18. The zero-order valence-electron chi connectivity index (χ0n) is 11.4. The maximum absolute atomic E-state index is 13.2. The molecule has 102 valence electrons. The first-order chi connectivity index (χ1) is 8.91. The maximum atomic E-state index is 13.2. The lowest BCUT2D eigenvalue weighted by atomic mass is 9.90. The summed E-state index contributed by atoms with van der Waals surface area (Å²) in [5.74, 6) is -0.362. The van der Waals surface area contributed by atoms with Gasteiger partial charge in [-0.05, 0) is 29.5 Å². The number of aromatic nitrogens is 1. The molecule has 0 saturated carbocycles. The molecule has 0 radical (unpaired) electrons. The average Bonchev–Trinajstić information content (AvgIpc) is 2.69. The molecule has 0 saturated heterocycles. The Morgan fingerprint density at radius 3 is 2.74 bits per heavy atom. The molecule has 1 aromatic carbocycles. The molecule has 0 aliphatic heterocycles. The highest BCUT2D eigenvalue weighted by molar-refractivity contribution is 5.60. The van der Waals surface area contributed by atoms with Gasteiger partial charge in [0.25, 0.3) is 0 Å². The van der Waals surface area contributed by atoms with Crippen molar-refractivity contribution < 1.29 is 8.91 Å². The first kappa shape index (κ1) is 13.6. The van der Waals surface area contributed by atoms with Gasteiger partial charge in [-0.3, -0.25) is 0 Å². The first-order valence-corrected chi connectivity index (χ1v) is 6.38. The summed E-state index contributed by atoms with van der Waals surface area (Å²) in [6.45, 7) is 6.92. The van der Waals surface area contributed by atoms with Crippen LogP contribution in [-0.4, -0.2) is 4.74 Å². The standard InChI is InChI=1S/C15H18FNO2/c1-4-15(2,3)10-17-9-13(14(18)19-17)11-6-5-7-12(16)8-11/h5-9H,4,10H2,1-3H3. The van der Waals surface area contributed by atoms with Crippen molar-refractivity contribution in [2.24, 2.45) is 5.41 Å². The second kappa shape index (κ2) is 5.03. The zero-order valence-corrected chi connectivity index (χ0v) is 11.4. The highest BCUT2D eigenvalue weighted by atomic mass is 19.1. The highest BCUT2D eigenvalue weighted by Crippen LogP contribution is 2.23. The fourth-order valence-corrected chi connectivity index (χ4v) is 1.84. The Balaban J connectivity index is 2.35. The van der Waals surface area contributed by atoms with Gasteiger partial charge < -0.3 is 4.52 Å². The minimum Gasteiger partial charge on any atom is -0.336 e. The molecule has 2 aromatic rings. The van der Waals surface area contributed by atoms with Crippen LogP contribution < -0.4 is 5.63 Å². The molecular formula is C15H18FNO2. The van der Waals surface area contributed by atoms with Crippen molar-refractivity contribution in [3.8, 4) is 11.1 Å². The lowest BCUT2D eigenvalue weighted by Crippen LogP contribution is -2.17. The largest absolute Gasteiger partial charge is 0.365 e. The molecule has 1 heterocycles. The van der Waals surface area contributed by atoms with Crippen LogP contribution in [-0.2, 0) is 6.54 Å². The molecule has 0 fully saturated rings. The molecule has 0 unspecified atom stereocenters. The van der Waals surface area contributed by atoms with Crippen LogP contribution in [0.1, 0.15) is 27.2 Å². The Morgan fingerprint density at radius 1 is 1.37 bits per heavy atom. The molecule has 1 aromatic heterocycles. The molecule has 19 heavy (non-hydrogen) atoms. The Kier molecular flexibility index (Phi) is 3.60. The summed E-state index contributed by atoms with van der Waals surface area (Å²) >= 11 is 0. The minimum absolute atomic E-state index is 0.0498. The molecule has 2 rings (SSSR count). The van der Waals surface area contributed by atoms with E-state index >= 15 is 0 Å². The van der Waals surface area contributed by atoms with Gasteiger partial charge in [0, 0.05) is 0 Å². The summed E-state index contributed by atoms with van der Waals surface area (Å²) in [4.78, 5) is 11.8. The van der Waals surface area contributed by atoms with Gasteiger partial charge in [0.1, 0.15) is 5.82 Å². The summed E-state index contributed by atoms with van der Waals surface area (Å²) in [5.41, 5.74) is 0.555. The van der Waals surface area contributed by atoms with Gasteiger partial charge in [0.05, 0.1) is 18.3 Å². The van der Waals surface area contributed by atoms with E-state index in [1.54, 1.807) is 18.3 Å². The molecule has 0 amide bonds. The summed E-state index contributed by atoms with van der Waals surface area (Å²) in [6, 6.07) is 5.96. The van der Waals surface area contributed by atoms with E-state index in [-0.39, 0.29) is 11.2 Å². The molecule has 0 N–H and O–H groups in total. The fraction of sp³-hybridized carbons (Fsp3) is 0.400. The molecule has 0 atom stereocenters. The number of hydrogen-bond donors (Lipinski definition) is 0. The summed E-state index contributed by atoms with van der Waals surface area (Å²) in [5, 5.41) is 0. The molecule has 3 nitrogen and oxygen atoms in total. The monoisotopic (exact) mass is 263 g/mol. The Morgan fingerprint density at radius 2 is 2.11 bits per heavy atom. The number of nitrogens with zero attached hydrogens (tertiary/aromatic N) is 1. The van der Waals surface area contributed by atoms with Crippen LogP contribution in [0.5, 0.6) is 0 Å². The van der Waals surface area contributed by atoms with Crippen molar-refractivity contribution in [2.75, 3.05) is 0 Å². The Bertz CT molecular complexity index is 625. The van der Waals surface area contributed by atoms with Crippen molar-refractivity contribution in [3.05, 3.63) is 46.7 Å². The van der Waals surface area contributed by atoms with E-state index in [0.717, 1.165) is 6.42 Å². The fourth-order valence-electron chi connectivity index (χ4n) is 1.84. The SMILES string of the molecule is CCC(C)(C)Cn1cc(-c2cccc(F)c2)c(=O)o1. The van der Waals surface area contributed by atoms with E-state index in [9.17, 15) is 9.18 Å². The van der Waals surface area contributed by atoms with Crippen LogP contribution in [0.4, 0.5) is 4.39 Å². The second-order valence-electron chi connectivity index (χ2n) is 5.52. The molecular weight excluding hydrogens is 245 g/mol. The van der Waals surface area contributed by atoms with Gasteiger partial charge >= 0.3 is 5.63 Å². The zero-order chi connectivity index (χ0) is 14.0. The first-order valence-electron chi connectivity index (χ1n) is 6.38. The van der Waals surface area contributed by atoms with Gasteiger partial charge in [0.2, 0.25) is 0 Å². The van der Waals surface area contributed by atoms with Crippen molar-refractivity contribution in [1.29, 1.82) is 0 Å². The quantitative estimate of drug-likeness (QED) is 0.843. The van der Waals surface area contributed by atoms with Crippen molar-refractivity contribution >= 4 is 0 Å². The predicted octanol–water partition coefficient (Wildman–Crippen LogP) is 3.68. The Hall–Kier alpha value is -1.84. The lowest BCUT2D eigenvalue weighted by Gasteiger charge is -2.21. The smallest absolute Gasteiger partial charge is 0.336 e. The molecule has 4 heteroatoms. The summed E-state index contributed by atoms with van der Waals surface area (Å²) < 4.78 is 19.9. The third-order valence-electron chi connectivity index (χ3n) is 3.37. The predicted molar refractivity (Wildman–Crippen MR) is 72.4 cm³/mol. The van der Waals surface area contributed by atoms with Gasteiger partial charge in [-0.1, -0.05) is 32.9 Å². The van der Waals surface area contributed by atoms with Gasteiger partial charge in [-0.25, -0.2) is 13.9 Å². The van der Waals surface area contributed by atoms with Crippen molar-refractivity contribution in [3.63, 3.8) is 0 Å². The van der Waals surface area contributed by atoms with Crippen LogP contribution in [0.2, 0.25) is 0 Å². The van der Waals surface area contributed by atoms with Gasteiger partial charge in [-0.15, -0.1) is 0 Å². The second-order valence-corrected chi connectivity index (χ2v) is 5.52. The van der Waals surface area contributed by atoms with E-state index < -0.39 is 5.63 Å². The van der Waals surface area contributed by atoms with Crippen LogP contribution in [0, 0.1) is 11.2 Å². The minimum atomic E-state index is -0.433. The maximum Gasteiger partial charge on any atom is 0.365 e. The van der Waals surface area contributed by atoms with Crippen molar-refractivity contribution in [2.45, 2.75) is 33.7 Å². The van der Waals surface area contributed by atoms with Crippen LogP contribution in [0.15, 0.2) is 39.8 Å². The lowest BCUT2D eigenvalue weighted by molar-refractivity contribution is 0.168. The van der Waals surface area contributed by atoms with Gasteiger partial charge in [0.15, 0.2) is 0 Å². The molecule has 0 aliphatic rings. The topological polar surface area (TPSA) is 35.1 Å². The average molecular weight is 263 g/mol. The Labute approximate surface area is 111 Å². The van der Waals surface area contributed by atoms with Gasteiger partial charge in [-0.2, -0.15) is 0 Å². The van der Waals surface area contributed by atoms with Crippen LogP contribution >= 0.6 is 0 Å². The van der Waals surface area contributed by atoms with Crippen molar-refractivity contribution in [1.82, 2.24) is 4.74 Å². The van der Waals surface area contributed by atoms with E-state index in [1.165, 1.54) is 16.9 Å².